The van der Waals surface area contributed by atoms with E-state index in [1.165, 1.54) is 0 Å². The van der Waals surface area contributed by atoms with Crippen molar-refractivity contribution in [3.63, 3.8) is 0 Å². The highest BCUT2D eigenvalue weighted by molar-refractivity contribution is 5.80. The van der Waals surface area contributed by atoms with Crippen LogP contribution in [0.2, 0.25) is 0 Å². The van der Waals surface area contributed by atoms with Crippen LogP contribution in [0.25, 0.3) is 0 Å². The predicted octanol–water partition coefficient (Wildman–Crippen LogP) is 1.34. The maximum absolute atomic E-state index is 11.5. The maximum Gasteiger partial charge on any atom is 0.312 e. The summed E-state index contributed by atoms with van der Waals surface area (Å²) >= 11 is 0. The Morgan fingerprint density at radius 2 is 1.20 bits per heavy atom. The first kappa shape index (κ1) is 10.5. The van der Waals surface area contributed by atoms with Crippen molar-refractivity contribution in [2.75, 3.05) is 0 Å². The van der Waals surface area contributed by atoms with Crippen LogP contribution in [0, 0.1) is 23.7 Å². The van der Waals surface area contributed by atoms with Crippen LogP contribution in [0.15, 0.2) is 0 Å². The van der Waals surface area contributed by atoms with Crippen LogP contribution < -0.4 is 0 Å². The monoisotopic (exact) mass is 212 g/mol. The fraction of sp³-hybridized carbons (Fsp3) is 0.818. The second kappa shape index (κ2) is 2.97. The summed E-state index contributed by atoms with van der Waals surface area (Å²) < 4.78 is 10.6. The van der Waals surface area contributed by atoms with E-state index in [0.717, 1.165) is 0 Å². The van der Waals surface area contributed by atoms with Gasteiger partial charge in [-0.1, -0.05) is 27.7 Å². The number of hydrogen-bond acceptors (Lipinski definition) is 4. The molecule has 4 atom stereocenters. The molecule has 0 amide bonds. The zero-order valence-electron chi connectivity index (χ0n) is 9.44. The fourth-order valence-corrected chi connectivity index (χ4v) is 2.41. The number of carbonyl (C=O) groups excluding carboxylic acids is 2. The number of rotatable bonds is 0. The van der Waals surface area contributed by atoms with Crippen molar-refractivity contribution in [3.05, 3.63) is 0 Å². The van der Waals surface area contributed by atoms with Gasteiger partial charge in [-0.15, -0.1) is 0 Å². The number of carbonyl (C=O) groups is 2. The fourth-order valence-electron chi connectivity index (χ4n) is 2.41. The zero-order valence-corrected chi connectivity index (χ0v) is 9.44. The Balaban J connectivity index is 2.37. The molecule has 2 heterocycles. The van der Waals surface area contributed by atoms with Gasteiger partial charge in [0.2, 0.25) is 0 Å². The van der Waals surface area contributed by atoms with Crippen LogP contribution in [0.4, 0.5) is 0 Å². The van der Waals surface area contributed by atoms with Gasteiger partial charge in [-0.25, -0.2) is 0 Å². The van der Waals surface area contributed by atoms with Gasteiger partial charge in [0, 0.05) is 11.8 Å². The van der Waals surface area contributed by atoms with Crippen molar-refractivity contribution in [1.82, 2.24) is 0 Å². The van der Waals surface area contributed by atoms with E-state index in [2.05, 4.69) is 0 Å². The molecule has 84 valence electrons. The molecule has 0 aromatic heterocycles. The van der Waals surface area contributed by atoms with Gasteiger partial charge in [0.25, 0.3) is 5.79 Å². The third-order valence-electron chi connectivity index (χ3n) is 4.03. The van der Waals surface area contributed by atoms with Gasteiger partial charge in [-0.3, -0.25) is 9.59 Å². The molecule has 2 aliphatic rings. The van der Waals surface area contributed by atoms with E-state index in [1.807, 2.05) is 27.7 Å². The summed E-state index contributed by atoms with van der Waals surface area (Å²) in [5, 5.41) is 0. The third kappa shape index (κ3) is 1.13. The molecule has 2 rings (SSSR count). The quantitative estimate of drug-likeness (QED) is 0.568. The van der Waals surface area contributed by atoms with E-state index in [9.17, 15) is 9.59 Å². The molecule has 0 N–H and O–H groups in total. The number of ether oxygens (including phenoxy) is 2. The average molecular weight is 212 g/mol. The minimum Gasteiger partial charge on any atom is -0.422 e. The summed E-state index contributed by atoms with van der Waals surface area (Å²) in [5.41, 5.74) is 0. The summed E-state index contributed by atoms with van der Waals surface area (Å²) in [4.78, 5) is 23.0. The Bertz CT molecular complexity index is 291. The summed E-state index contributed by atoms with van der Waals surface area (Å²) in [6.07, 6.45) is 0. The van der Waals surface area contributed by atoms with Crippen molar-refractivity contribution in [3.8, 4) is 0 Å². The summed E-state index contributed by atoms with van der Waals surface area (Å²) in [5.74, 6) is -2.10. The van der Waals surface area contributed by atoms with E-state index in [1.54, 1.807) is 0 Å². The molecule has 0 aliphatic carbocycles. The lowest BCUT2D eigenvalue weighted by Gasteiger charge is -2.30. The lowest BCUT2D eigenvalue weighted by molar-refractivity contribution is -0.219. The molecular formula is C11H16O4. The molecular weight excluding hydrogens is 196 g/mol. The zero-order chi connectivity index (χ0) is 11.4. The topological polar surface area (TPSA) is 52.6 Å². The molecule has 15 heavy (non-hydrogen) atoms. The Morgan fingerprint density at radius 3 is 1.40 bits per heavy atom. The summed E-state index contributed by atoms with van der Waals surface area (Å²) in [6, 6.07) is 0. The van der Waals surface area contributed by atoms with Crippen molar-refractivity contribution < 1.29 is 19.1 Å². The lowest BCUT2D eigenvalue weighted by atomic mass is 9.81. The van der Waals surface area contributed by atoms with E-state index in [4.69, 9.17) is 9.47 Å². The highest BCUT2D eigenvalue weighted by Gasteiger charge is 2.63. The van der Waals surface area contributed by atoms with Crippen LogP contribution in [-0.4, -0.2) is 17.7 Å². The largest absolute Gasteiger partial charge is 0.422 e. The van der Waals surface area contributed by atoms with Crippen molar-refractivity contribution in [2.24, 2.45) is 23.7 Å². The van der Waals surface area contributed by atoms with Crippen molar-refractivity contribution in [2.45, 2.75) is 33.5 Å². The molecule has 1 spiro atoms. The van der Waals surface area contributed by atoms with E-state index in [0.29, 0.717) is 0 Å². The molecule has 0 aromatic rings. The molecule has 2 fully saturated rings. The smallest absolute Gasteiger partial charge is 0.312 e. The highest BCUT2D eigenvalue weighted by Crippen LogP contribution is 2.49. The first-order valence-electron chi connectivity index (χ1n) is 5.36. The van der Waals surface area contributed by atoms with Gasteiger partial charge in [0.15, 0.2) is 0 Å². The van der Waals surface area contributed by atoms with Crippen LogP contribution in [0.1, 0.15) is 27.7 Å². The normalized spacial score (nSPS) is 49.6. The van der Waals surface area contributed by atoms with Crippen LogP contribution in [-0.2, 0) is 19.1 Å². The average Bonchev–Trinajstić information content (AvgIpc) is 2.53. The standard InChI is InChI=1S/C11H16O4/c1-5-7(3)11(14-9(5)12)8(4)6(2)10(13)15-11/h5-8H,1-4H3. The SMILES string of the molecule is CC1C(=O)OC2(OC(=O)C(C)C2C)C1C. The number of hydrogen-bond donors (Lipinski definition) is 0. The van der Waals surface area contributed by atoms with Gasteiger partial charge in [0.05, 0.1) is 11.8 Å². The summed E-state index contributed by atoms with van der Waals surface area (Å²) in [6.45, 7) is 7.42. The lowest BCUT2D eigenvalue weighted by Crippen LogP contribution is -2.40. The minimum absolute atomic E-state index is 0.0751. The Morgan fingerprint density at radius 1 is 0.867 bits per heavy atom. The second-order valence-electron chi connectivity index (χ2n) is 4.72. The van der Waals surface area contributed by atoms with Crippen molar-refractivity contribution in [1.29, 1.82) is 0 Å². The number of esters is 2. The first-order chi connectivity index (χ1) is 6.90. The molecule has 4 heteroatoms. The molecule has 0 aromatic carbocycles. The highest BCUT2D eigenvalue weighted by atomic mass is 16.7. The van der Waals surface area contributed by atoms with Gasteiger partial charge >= 0.3 is 11.9 Å². The second-order valence-corrected chi connectivity index (χ2v) is 4.72. The van der Waals surface area contributed by atoms with E-state index < -0.39 is 5.79 Å². The van der Waals surface area contributed by atoms with Gasteiger partial charge in [-0.05, 0) is 0 Å². The van der Waals surface area contributed by atoms with Crippen molar-refractivity contribution >= 4 is 11.9 Å². The minimum atomic E-state index is -1.01. The molecule has 0 radical (unpaired) electrons. The molecule has 2 aliphatic heterocycles. The van der Waals surface area contributed by atoms with Crippen LogP contribution in [0.3, 0.4) is 0 Å². The summed E-state index contributed by atoms with van der Waals surface area (Å²) in [7, 11) is 0. The molecule has 2 saturated heterocycles. The Hall–Kier alpha value is -1.06. The molecule has 0 bridgehead atoms. The predicted molar refractivity (Wildman–Crippen MR) is 51.6 cm³/mol. The van der Waals surface area contributed by atoms with Crippen LogP contribution in [0.5, 0.6) is 0 Å². The maximum atomic E-state index is 11.5. The van der Waals surface area contributed by atoms with E-state index in [-0.39, 0.29) is 35.6 Å². The van der Waals surface area contributed by atoms with Gasteiger partial charge in [0.1, 0.15) is 0 Å². The van der Waals surface area contributed by atoms with Crippen LogP contribution >= 0.6 is 0 Å². The molecule has 4 unspecified atom stereocenters. The van der Waals surface area contributed by atoms with E-state index >= 15 is 0 Å². The van der Waals surface area contributed by atoms with Gasteiger partial charge in [-0.2, -0.15) is 0 Å². The first-order valence-corrected chi connectivity index (χ1v) is 5.36. The Labute approximate surface area is 88.9 Å². The Kier molecular flexibility index (Phi) is 2.07. The van der Waals surface area contributed by atoms with Gasteiger partial charge < -0.3 is 9.47 Å². The third-order valence-corrected chi connectivity index (χ3v) is 4.03. The molecule has 0 saturated carbocycles. The molecule has 4 nitrogen and oxygen atoms in total.